The summed E-state index contributed by atoms with van der Waals surface area (Å²) in [6, 6.07) is 2.37. The van der Waals surface area contributed by atoms with Crippen molar-refractivity contribution in [3.8, 4) is 11.5 Å². The van der Waals surface area contributed by atoms with Crippen LogP contribution < -0.4 is 14.8 Å². The number of ether oxygens (including phenoxy) is 2. The molecule has 2 rings (SSSR count). The zero-order valence-corrected chi connectivity index (χ0v) is 13.5. The molecule has 1 aromatic rings. The third kappa shape index (κ3) is 2.90. The summed E-state index contributed by atoms with van der Waals surface area (Å²) in [6.45, 7) is 3.11. The third-order valence-electron chi connectivity index (χ3n) is 3.73. The van der Waals surface area contributed by atoms with Gasteiger partial charge in [-0.1, -0.05) is 13.3 Å². The van der Waals surface area contributed by atoms with Crippen molar-refractivity contribution in [2.45, 2.75) is 38.6 Å². The Morgan fingerprint density at radius 3 is 2.74 bits per heavy atom. The highest BCUT2D eigenvalue weighted by Gasteiger charge is 2.26. The summed E-state index contributed by atoms with van der Waals surface area (Å²) in [5.41, 5.74) is 2.57. The van der Waals surface area contributed by atoms with Crippen LogP contribution in [0.2, 0.25) is 0 Å². The maximum atomic E-state index is 5.63. The van der Waals surface area contributed by atoms with Crippen molar-refractivity contribution < 1.29 is 9.47 Å². The molecule has 0 fully saturated rings. The van der Waals surface area contributed by atoms with Crippen molar-refractivity contribution >= 4 is 15.9 Å². The maximum absolute atomic E-state index is 5.63. The van der Waals surface area contributed by atoms with Gasteiger partial charge in [0.15, 0.2) is 0 Å². The number of nitrogens with one attached hydrogen (secondary N) is 1. The van der Waals surface area contributed by atoms with Crippen molar-refractivity contribution in [3.63, 3.8) is 0 Å². The smallest absolute Gasteiger partial charge is 0.138 e. The lowest BCUT2D eigenvalue weighted by molar-refractivity contribution is 0.383. The summed E-state index contributed by atoms with van der Waals surface area (Å²) in [7, 11) is 3.47. The Balaban J connectivity index is 2.60. The highest BCUT2D eigenvalue weighted by Crippen LogP contribution is 2.44. The van der Waals surface area contributed by atoms with Crippen LogP contribution in [-0.2, 0) is 6.42 Å². The van der Waals surface area contributed by atoms with Gasteiger partial charge in [0.25, 0.3) is 0 Å². The van der Waals surface area contributed by atoms with Gasteiger partial charge in [0, 0.05) is 17.2 Å². The predicted octanol–water partition coefficient (Wildman–Crippen LogP) is 3.84. The molecule has 106 valence electrons. The number of benzene rings is 1. The zero-order valence-electron chi connectivity index (χ0n) is 11.9. The third-order valence-corrected chi connectivity index (χ3v) is 4.32. The van der Waals surface area contributed by atoms with Gasteiger partial charge in [-0.3, -0.25) is 0 Å². The van der Waals surface area contributed by atoms with E-state index < -0.39 is 0 Å². The highest BCUT2D eigenvalue weighted by molar-refractivity contribution is 9.10. The second kappa shape index (κ2) is 6.62. The van der Waals surface area contributed by atoms with Crippen LogP contribution in [0.3, 0.4) is 0 Å². The molecule has 19 heavy (non-hydrogen) atoms. The number of hydrogen-bond donors (Lipinski definition) is 1. The van der Waals surface area contributed by atoms with E-state index in [1.54, 1.807) is 14.2 Å². The summed E-state index contributed by atoms with van der Waals surface area (Å²) in [5, 5.41) is 3.58. The first kappa shape index (κ1) is 14.7. The van der Waals surface area contributed by atoms with Gasteiger partial charge in [-0.2, -0.15) is 0 Å². The van der Waals surface area contributed by atoms with Gasteiger partial charge in [-0.05, 0) is 47.8 Å². The molecular formula is C15H22BrNO2. The number of fused-ring (bicyclic) bond motifs is 1. The van der Waals surface area contributed by atoms with E-state index in [4.69, 9.17) is 9.47 Å². The molecule has 0 radical (unpaired) electrons. The number of hydrogen-bond acceptors (Lipinski definition) is 3. The largest absolute Gasteiger partial charge is 0.496 e. The molecule has 1 unspecified atom stereocenters. The standard InChI is InChI=1S/C15H22BrNO2/c1-4-17-12-8-6-5-7-10-13(18-2)9-11(16)15(19-3)14(10)12/h9,12,17H,4-8H2,1-3H3. The van der Waals surface area contributed by atoms with Gasteiger partial charge >= 0.3 is 0 Å². The van der Waals surface area contributed by atoms with Crippen LogP contribution in [0.15, 0.2) is 10.5 Å². The Morgan fingerprint density at radius 1 is 1.32 bits per heavy atom. The van der Waals surface area contributed by atoms with Gasteiger partial charge in [0.05, 0.1) is 18.7 Å². The predicted molar refractivity (Wildman–Crippen MR) is 81.2 cm³/mol. The minimum absolute atomic E-state index is 0.351. The SMILES string of the molecule is CCNC1CCCCc2c(OC)cc(Br)c(OC)c21. The Kier molecular flexibility index (Phi) is 5.11. The Hall–Kier alpha value is -0.740. The van der Waals surface area contributed by atoms with Gasteiger partial charge in [0.1, 0.15) is 11.5 Å². The fraction of sp³-hybridized carbons (Fsp3) is 0.600. The lowest BCUT2D eigenvalue weighted by Gasteiger charge is -2.23. The van der Waals surface area contributed by atoms with Crippen LogP contribution in [-0.4, -0.2) is 20.8 Å². The Labute approximate surface area is 123 Å². The molecule has 0 saturated carbocycles. The first-order valence-corrected chi connectivity index (χ1v) is 7.68. The van der Waals surface area contributed by atoms with E-state index in [9.17, 15) is 0 Å². The van der Waals surface area contributed by atoms with Gasteiger partial charge in [-0.15, -0.1) is 0 Å². The normalized spacial score (nSPS) is 18.6. The van der Waals surface area contributed by atoms with Crippen LogP contribution in [0.4, 0.5) is 0 Å². The zero-order chi connectivity index (χ0) is 13.8. The first-order chi connectivity index (χ1) is 9.22. The van der Waals surface area contributed by atoms with E-state index in [1.807, 2.05) is 6.07 Å². The molecule has 1 aliphatic carbocycles. The summed E-state index contributed by atoms with van der Waals surface area (Å²) >= 11 is 3.60. The average molecular weight is 328 g/mol. The van der Waals surface area contributed by atoms with Crippen molar-refractivity contribution in [2.24, 2.45) is 0 Å². The quantitative estimate of drug-likeness (QED) is 0.852. The Morgan fingerprint density at radius 2 is 2.11 bits per heavy atom. The van der Waals surface area contributed by atoms with Crippen molar-refractivity contribution in [1.29, 1.82) is 0 Å². The van der Waals surface area contributed by atoms with Crippen LogP contribution >= 0.6 is 15.9 Å². The fourth-order valence-electron chi connectivity index (χ4n) is 2.93. The summed E-state index contributed by atoms with van der Waals surface area (Å²) in [4.78, 5) is 0. The van der Waals surface area contributed by atoms with Crippen LogP contribution in [0, 0.1) is 0 Å². The molecule has 0 bridgehead atoms. The van der Waals surface area contributed by atoms with E-state index in [0.29, 0.717) is 6.04 Å². The first-order valence-electron chi connectivity index (χ1n) is 6.89. The molecule has 3 nitrogen and oxygen atoms in total. The second-order valence-corrected chi connectivity index (χ2v) is 5.70. The van der Waals surface area contributed by atoms with E-state index in [1.165, 1.54) is 24.0 Å². The van der Waals surface area contributed by atoms with Crippen molar-refractivity contribution in [2.75, 3.05) is 20.8 Å². The molecule has 0 aliphatic heterocycles. The van der Waals surface area contributed by atoms with Crippen LogP contribution in [0.25, 0.3) is 0 Å². The monoisotopic (exact) mass is 327 g/mol. The Bertz CT molecular complexity index is 448. The molecule has 0 heterocycles. The van der Waals surface area contributed by atoms with Gasteiger partial charge in [0.2, 0.25) is 0 Å². The molecule has 1 aromatic carbocycles. The molecule has 0 amide bonds. The van der Waals surface area contributed by atoms with E-state index in [-0.39, 0.29) is 0 Å². The van der Waals surface area contributed by atoms with Crippen molar-refractivity contribution in [3.05, 3.63) is 21.7 Å². The van der Waals surface area contributed by atoms with Gasteiger partial charge < -0.3 is 14.8 Å². The number of methoxy groups -OCH3 is 2. The highest BCUT2D eigenvalue weighted by atomic mass is 79.9. The minimum Gasteiger partial charge on any atom is -0.496 e. The molecular weight excluding hydrogens is 306 g/mol. The van der Waals surface area contributed by atoms with Crippen LogP contribution in [0.1, 0.15) is 43.4 Å². The molecule has 0 saturated heterocycles. The molecule has 1 aliphatic rings. The molecule has 1 N–H and O–H groups in total. The topological polar surface area (TPSA) is 30.5 Å². The van der Waals surface area contributed by atoms with E-state index >= 15 is 0 Å². The summed E-state index contributed by atoms with van der Waals surface area (Å²) in [6.07, 6.45) is 4.65. The molecule has 4 heteroatoms. The molecule has 1 atom stereocenters. The molecule has 0 aromatic heterocycles. The fourth-order valence-corrected chi connectivity index (χ4v) is 3.51. The number of halogens is 1. The minimum atomic E-state index is 0.351. The van der Waals surface area contributed by atoms with Crippen LogP contribution in [0.5, 0.6) is 11.5 Å². The summed E-state index contributed by atoms with van der Waals surface area (Å²) in [5.74, 6) is 1.91. The van der Waals surface area contributed by atoms with Crippen molar-refractivity contribution in [1.82, 2.24) is 5.32 Å². The van der Waals surface area contributed by atoms with E-state index in [0.717, 1.165) is 35.4 Å². The summed E-state index contributed by atoms with van der Waals surface area (Å²) < 4.78 is 12.2. The second-order valence-electron chi connectivity index (χ2n) is 4.84. The lowest BCUT2D eigenvalue weighted by atomic mass is 9.96. The average Bonchev–Trinajstić information content (AvgIpc) is 2.62. The lowest BCUT2D eigenvalue weighted by Crippen LogP contribution is -2.22. The number of rotatable bonds is 4. The van der Waals surface area contributed by atoms with E-state index in [2.05, 4.69) is 28.2 Å². The molecule has 0 spiro atoms. The maximum Gasteiger partial charge on any atom is 0.138 e. The van der Waals surface area contributed by atoms with Gasteiger partial charge in [-0.25, -0.2) is 0 Å².